The zero-order chi connectivity index (χ0) is 25.3. The molecule has 0 radical (unpaired) electrons. The van der Waals surface area contributed by atoms with Crippen molar-refractivity contribution in [3.8, 4) is 0 Å². The van der Waals surface area contributed by atoms with Crippen LogP contribution in [0.5, 0.6) is 0 Å². The maximum atomic E-state index is 11.0. The minimum absolute atomic E-state index is 0. The molecule has 0 saturated heterocycles. The molecule has 0 unspecified atom stereocenters. The van der Waals surface area contributed by atoms with Crippen molar-refractivity contribution in [1.29, 1.82) is 0 Å². The standard InChI is InChI=1S/C16H36N.C10H18O5.FH/c1-5-9-13-17(14-10-6-2,15-11-7-3)16-12-8-4;1-9(2,3)14-7(11)13-8(12)15-10(4,5)6;/h5-16H2,1-4H3;1-6H3;1H/q+1;;/p-1. The lowest BCUT2D eigenvalue weighted by atomic mass is 10.1. The predicted octanol–water partition coefficient (Wildman–Crippen LogP) is 4.88. The predicted molar refractivity (Wildman–Crippen MR) is 133 cm³/mol. The van der Waals surface area contributed by atoms with Gasteiger partial charge in [-0.1, -0.05) is 53.4 Å². The highest BCUT2D eigenvalue weighted by Crippen LogP contribution is 2.16. The van der Waals surface area contributed by atoms with Gasteiger partial charge in [0.2, 0.25) is 0 Å². The summed E-state index contributed by atoms with van der Waals surface area (Å²) in [6.07, 6.45) is 8.94. The summed E-state index contributed by atoms with van der Waals surface area (Å²) >= 11 is 0. The Morgan fingerprint density at radius 2 is 0.818 bits per heavy atom. The van der Waals surface area contributed by atoms with Gasteiger partial charge in [-0.2, -0.15) is 0 Å². The lowest BCUT2D eigenvalue weighted by Crippen LogP contribution is -3.00. The van der Waals surface area contributed by atoms with Crippen LogP contribution < -0.4 is 4.70 Å². The average molecular weight is 480 g/mol. The largest absolute Gasteiger partial charge is 1.00 e. The Bertz CT molecular complexity index is 434. The Balaban J connectivity index is -0.000000533. The fourth-order valence-electron chi connectivity index (χ4n) is 3.25. The molecule has 0 aromatic heterocycles. The summed E-state index contributed by atoms with van der Waals surface area (Å²) in [5.74, 6) is 0. The lowest BCUT2D eigenvalue weighted by Gasteiger charge is -2.39. The first kappa shape index (κ1) is 36.2. The van der Waals surface area contributed by atoms with Gasteiger partial charge < -0.3 is 23.4 Å². The van der Waals surface area contributed by atoms with Gasteiger partial charge >= 0.3 is 12.3 Å². The van der Waals surface area contributed by atoms with Gasteiger partial charge in [0.15, 0.2) is 0 Å². The monoisotopic (exact) mass is 479 g/mol. The molecule has 7 heteroatoms. The Labute approximate surface area is 203 Å². The van der Waals surface area contributed by atoms with E-state index in [-0.39, 0.29) is 4.70 Å². The van der Waals surface area contributed by atoms with Crippen LogP contribution in [-0.2, 0) is 14.2 Å². The van der Waals surface area contributed by atoms with Crippen LogP contribution in [0.25, 0.3) is 0 Å². The van der Waals surface area contributed by atoms with Crippen molar-refractivity contribution in [2.75, 3.05) is 26.2 Å². The number of carbonyl (C=O) groups excluding carboxylic acids is 2. The van der Waals surface area contributed by atoms with E-state index < -0.39 is 23.5 Å². The van der Waals surface area contributed by atoms with Crippen LogP contribution in [0, 0.1) is 0 Å². The molecule has 0 aliphatic carbocycles. The smallest absolute Gasteiger partial charge is 0.519 e. The van der Waals surface area contributed by atoms with Crippen molar-refractivity contribution in [2.24, 2.45) is 0 Å². The van der Waals surface area contributed by atoms with E-state index in [1.807, 2.05) is 0 Å². The maximum Gasteiger partial charge on any atom is 0.519 e. The number of rotatable bonds is 12. The summed E-state index contributed by atoms with van der Waals surface area (Å²) < 4.78 is 15.2. The molecule has 0 aromatic carbocycles. The summed E-state index contributed by atoms with van der Waals surface area (Å²) in [5, 5.41) is 0. The van der Waals surface area contributed by atoms with Crippen molar-refractivity contribution in [3.05, 3.63) is 0 Å². The number of carbonyl (C=O) groups is 2. The average Bonchev–Trinajstić information content (AvgIpc) is 2.64. The van der Waals surface area contributed by atoms with Crippen LogP contribution in [0.1, 0.15) is 121 Å². The number of halogens is 1. The highest BCUT2D eigenvalue weighted by Gasteiger charge is 2.25. The zero-order valence-corrected chi connectivity index (χ0v) is 23.4. The summed E-state index contributed by atoms with van der Waals surface area (Å²) in [6, 6.07) is 0. The van der Waals surface area contributed by atoms with Crippen molar-refractivity contribution in [1.82, 2.24) is 0 Å². The highest BCUT2D eigenvalue weighted by molar-refractivity contribution is 5.77. The van der Waals surface area contributed by atoms with Crippen LogP contribution >= 0.6 is 0 Å². The van der Waals surface area contributed by atoms with Crippen LogP contribution in [0.15, 0.2) is 0 Å². The van der Waals surface area contributed by atoms with Crippen LogP contribution in [-0.4, -0.2) is 54.2 Å². The number of hydrogen-bond acceptors (Lipinski definition) is 5. The lowest BCUT2D eigenvalue weighted by molar-refractivity contribution is -0.929. The summed E-state index contributed by atoms with van der Waals surface area (Å²) in [6.45, 7) is 25.0. The quantitative estimate of drug-likeness (QED) is 0.227. The molecule has 0 spiro atoms. The molecule has 0 fully saturated rings. The minimum atomic E-state index is -1.06. The van der Waals surface area contributed by atoms with Gasteiger partial charge in [0.25, 0.3) is 0 Å². The summed E-state index contributed by atoms with van der Waals surface area (Å²) in [5.41, 5.74) is -1.39. The molecule has 0 rings (SSSR count). The van der Waals surface area contributed by atoms with E-state index in [9.17, 15) is 9.59 Å². The molecule has 0 N–H and O–H groups in total. The number of unbranched alkanes of at least 4 members (excludes halogenated alkanes) is 4. The third-order valence-corrected chi connectivity index (χ3v) is 4.89. The summed E-state index contributed by atoms with van der Waals surface area (Å²) in [4.78, 5) is 22.0. The molecule has 0 aliphatic heterocycles. The molecular weight excluding hydrogens is 425 g/mol. The van der Waals surface area contributed by atoms with E-state index >= 15 is 0 Å². The molecule has 0 aliphatic rings. The van der Waals surface area contributed by atoms with Gasteiger partial charge in [-0.15, -0.1) is 0 Å². The Kier molecular flexibility index (Phi) is 20.8. The van der Waals surface area contributed by atoms with Gasteiger partial charge in [-0.25, -0.2) is 9.59 Å². The first-order valence-electron chi connectivity index (χ1n) is 12.7. The van der Waals surface area contributed by atoms with Gasteiger partial charge in [0.1, 0.15) is 11.2 Å². The second-order valence-corrected chi connectivity index (χ2v) is 10.7. The van der Waals surface area contributed by atoms with E-state index in [2.05, 4.69) is 32.4 Å². The van der Waals surface area contributed by atoms with E-state index in [0.29, 0.717) is 0 Å². The first-order valence-corrected chi connectivity index (χ1v) is 12.7. The SMILES string of the molecule is CC(C)(C)OC(=O)OC(=O)OC(C)(C)C.CCCC[N+](CCCC)(CCCC)CCCC.[F-]. The van der Waals surface area contributed by atoms with Gasteiger partial charge in [-0.05, 0) is 67.2 Å². The van der Waals surface area contributed by atoms with Crippen LogP contribution in [0.4, 0.5) is 9.59 Å². The number of ether oxygens (including phenoxy) is 3. The first-order chi connectivity index (χ1) is 14.7. The fraction of sp³-hybridized carbons (Fsp3) is 0.923. The molecular formula is C26H54FNO5. The van der Waals surface area contributed by atoms with Crippen molar-refractivity contribution < 1.29 is 33.0 Å². The van der Waals surface area contributed by atoms with Crippen molar-refractivity contribution in [3.63, 3.8) is 0 Å². The maximum absolute atomic E-state index is 11.0. The molecule has 0 atom stereocenters. The minimum Gasteiger partial charge on any atom is -1.00 e. The molecule has 6 nitrogen and oxygen atoms in total. The molecule has 0 amide bonds. The molecule has 0 aromatic rings. The van der Waals surface area contributed by atoms with Gasteiger partial charge in [-0.3, -0.25) is 0 Å². The van der Waals surface area contributed by atoms with E-state index in [0.717, 1.165) is 0 Å². The second-order valence-electron chi connectivity index (χ2n) is 10.7. The van der Waals surface area contributed by atoms with E-state index in [4.69, 9.17) is 9.47 Å². The van der Waals surface area contributed by atoms with E-state index in [1.165, 1.54) is 82.0 Å². The number of nitrogens with zero attached hydrogens (tertiary/aromatic N) is 1. The topological polar surface area (TPSA) is 61.8 Å². The van der Waals surface area contributed by atoms with E-state index in [1.54, 1.807) is 41.5 Å². The molecule has 33 heavy (non-hydrogen) atoms. The number of quaternary nitrogens is 1. The molecule has 0 bridgehead atoms. The van der Waals surface area contributed by atoms with Crippen molar-refractivity contribution in [2.45, 2.75) is 132 Å². The Morgan fingerprint density at radius 3 is 1.00 bits per heavy atom. The highest BCUT2D eigenvalue weighted by atomic mass is 19.0. The summed E-state index contributed by atoms with van der Waals surface area (Å²) in [7, 11) is 0. The van der Waals surface area contributed by atoms with Crippen molar-refractivity contribution >= 4 is 12.3 Å². The zero-order valence-electron chi connectivity index (χ0n) is 23.4. The molecule has 200 valence electrons. The normalized spacial score (nSPS) is 11.6. The second kappa shape index (κ2) is 19.0. The third kappa shape index (κ3) is 23.6. The third-order valence-electron chi connectivity index (χ3n) is 4.89. The molecule has 0 saturated carbocycles. The Morgan fingerprint density at radius 1 is 0.576 bits per heavy atom. The van der Waals surface area contributed by atoms with Gasteiger partial charge in [0, 0.05) is 0 Å². The fourth-order valence-corrected chi connectivity index (χ4v) is 3.25. The van der Waals surface area contributed by atoms with Gasteiger partial charge in [0.05, 0.1) is 26.2 Å². The molecule has 0 heterocycles. The van der Waals surface area contributed by atoms with Crippen LogP contribution in [0.3, 0.4) is 0 Å². The van der Waals surface area contributed by atoms with Crippen LogP contribution in [0.2, 0.25) is 0 Å². The Hall–Kier alpha value is -1.37. The number of hydrogen-bond donors (Lipinski definition) is 0.